The number of carbonyl (C=O) groups is 1. The predicted molar refractivity (Wildman–Crippen MR) is 92.0 cm³/mol. The lowest BCUT2D eigenvalue weighted by Gasteiger charge is -2.26. The Bertz CT molecular complexity index is 534. The minimum Gasteiger partial charge on any atom is -0.492 e. The van der Waals surface area contributed by atoms with E-state index in [9.17, 15) is 4.79 Å². The highest BCUT2D eigenvalue weighted by Gasteiger charge is 2.31. The third-order valence-electron chi connectivity index (χ3n) is 4.40. The molecule has 1 aromatic carbocycles. The van der Waals surface area contributed by atoms with Crippen LogP contribution in [-0.4, -0.2) is 54.0 Å². The number of rotatable bonds is 6. The van der Waals surface area contributed by atoms with Crippen LogP contribution in [0, 0.1) is 0 Å². The first kappa shape index (κ1) is 16.6. The van der Waals surface area contributed by atoms with Crippen LogP contribution in [0.2, 0.25) is 0 Å². The van der Waals surface area contributed by atoms with Gasteiger partial charge in [0, 0.05) is 17.9 Å². The zero-order valence-corrected chi connectivity index (χ0v) is 14.1. The van der Waals surface area contributed by atoms with Crippen LogP contribution in [-0.2, 0) is 4.79 Å². The molecule has 0 aliphatic carbocycles. The molecule has 6 heteroatoms. The summed E-state index contributed by atoms with van der Waals surface area (Å²) in [5, 5.41) is 12.3. The lowest BCUT2D eigenvalue weighted by Crippen LogP contribution is -2.34. The largest absolute Gasteiger partial charge is 0.492 e. The number of para-hydroxylation sites is 1. The molecule has 126 valence electrons. The Balaban J connectivity index is 1.56. The highest BCUT2D eigenvalue weighted by Crippen LogP contribution is 2.37. The molecule has 0 saturated carbocycles. The molecule has 2 saturated heterocycles. The van der Waals surface area contributed by atoms with E-state index in [1.165, 1.54) is 32.4 Å². The maximum absolute atomic E-state index is 11.1. The van der Waals surface area contributed by atoms with Crippen molar-refractivity contribution in [3.63, 3.8) is 0 Å². The fourth-order valence-corrected chi connectivity index (χ4v) is 4.35. The molecule has 1 aromatic rings. The van der Waals surface area contributed by atoms with E-state index < -0.39 is 12.0 Å². The summed E-state index contributed by atoms with van der Waals surface area (Å²) >= 11 is 1.63. The van der Waals surface area contributed by atoms with Crippen LogP contribution in [0.5, 0.6) is 5.75 Å². The number of piperidine rings is 1. The van der Waals surface area contributed by atoms with Crippen LogP contribution in [0.1, 0.15) is 30.2 Å². The van der Waals surface area contributed by atoms with Gasteiger partial charge in [0.05, 0.1) is 5.37 Å². The van der Waals surface area contributed by atoms with Crippen LogP contribution in [0.3, 0.4) is 0 Å². The van der Waals surface area contributed by atoms with Gasteiger partial charge in [-0.2, -0.15) is 0 Å². The highest BCUT2D eigenvalue weighted by molar-refractivity contribution is 7.99. The normalized spacial score (nSPS) is 25.4. The summed E-state index contributed by atoms with van der Waals surface area (Å²) in [5.74, 6) is 0.659. The van der Waals surface area contributed by atoms with Crippen LogP contribution in [0.15, 0.2) is 24.3 Å². The van der Waals surface area contributed by atoms with Gasteiger partial charge < -0.3 is 9.84 Å². The van der Waals surface area contributed by atoms with E-state index in [1.54, 1.807) is 11.8 Å². The van der Waals surface area contributed by atoms with E-state index in [2.05, 4.69) is 10.2 Å². The Morgan fingerprint density at radius 1 is 1.30 bits per heavy atom. The smallest absolute Gasteiger partial charge is 0.321 e. The summed E-state index contributed by atoms with van der Waals surface area (Å²) in [5.41, 5.74) is 1.04. The fourth-order valence-electron chi connectivity index (χ4n) is 3.09. The van der Waals surface area contributed by atoms with Crippen molar-refractivity contribution in [2.75, 3.05) is 32.0 Å². The van der Waals surface area contributed by atoms with Crippen molar-refractivity contribution in [2.24, 2.45) is 0 Å². The number of benzene rings is 1. The van der Waals surface area contributed by atoms with Crippen LogP contribution >= 0.6 is 11.8 Å². The number of nitrogens with zero attached hydrogens (tertiary/aromatic N) is 1. The third-order valence-corrected chi connectivity index (χ3v) is 5.64. The maximum atomic E-state index is 11.1. The van der Waals surface area contributed by atoms with Gasteiger partial charge in [-0.1, -0.05) is 24.6 Å². The summed E-state index contributed by atoms with van der Waals surface area (Å²) in [6, 6.07) is 7.45. The van der Waals surface area contributed by atoms with Gasteiger partial charge in [0.1, 0.15) is 18.4 Å². The second kappa shape index (κ2) is 8.04. The quantitative estimate of drug-likeness (QED) is 0.831. The number of ether oxygens (including phenoxy) is 1. The molecular weight excluding hydrogens is 312 g/mol. The van der Waals surface area contributed by atoms with Gasteiger partial charge in [-0.25, -0.2) is 0 Å². The molecule has 23 heavy (non-hydrogen) atoms. The lowest BCUT2D eigenvalue weighted by atomic mass is 10.1. The number of aliphatic carboxylic acids is 1. The highest BCUT2D eigenvalue weighted by atomic mass is 32.2. The van der Waals surface area contributed by atoms with Crippen molar-refractivity contribution in [1.29, 1.82) is 0 Å². The van der Waals surface area contributed by atoms with Crippen LogP contribution in [0.25, 0.3) is 0 Å². The predicted octanol–water partition coefficient (Wildman–Crippen LogP) is 2.34. The van der Waals surface area contributed by atoms with E-state index in [1.807, 2.05) is 24.3 Å². The Morgan fingerprint density at radius 3 is 2.83 bits per heavy atom. The Morgan fingerprint density at radius 2 is 2.09 bits per heavy atom. The van der Waals surface area contributed by atoms with Gasteiger partial charge in [0.15, 0.2) is 0 Å². The Labute approximate surface area is 141 Å². The first-order valence-electron chi connectivity index (χ1n) is 8.28. The molecule has 3 rings (SSSR count). The molecule has 0 amide bonds. The topological polar surface area (TPSA) is 61.8 Å². The molecule has 2 fully saturated rings. The van der Waals surface area contributed by atoms with E-state index in [0.717, 1.165) is 17.9 Å². The average Bonchev–Trinajstić information content (AvgIpc) is 3.06. The molecule has 2 heterocycles. The molecule has 2 aliphatic rings. The third kappa shape index (κ3) is 4.40. The number of hydrogen-bond acceptors (Lipinski definition) is 5. The molecule has 2 unspecified atom stereocenters. The van der Waals surface area contributed by atoms with Crippen molar-refractivity contribution in [1.82, 2.24) is 10.2 Å². The first-order valence-corrected chi connectivity index (χ1v) is 9.33. The lowest BCUT2D eigenvalue weighted by molar-refractivity contribution is -0.138. The fraction of sp³-hybridized carbons (Fsp3) is 0.588. The molecule has 2 aliphatic heterocycles. The minimum absolute atomic E-state index is 0.0118. The number of nitrogens with one attached hydrogen (secondary N) is 1. The molecule has 0 spiro atoms. The number of carboxylic acid groups (broad SMARTS) is 1. The first-order chi connectivity index (χ1) is 11.2. The van der Waals surface area contributed by atoms with Crippen molar-refractivity contribution < 1.29 is 14.6 Å². The van der Waals surface area contributed by atoms with Gasteiger partial charge in [-0.3, -0.25) is 15.0 Å². The zero-order chi connectivity index (χ0) is 16.1. The number of hydrogen-bond donors (Lipinski definition) is 2. The number of thioether (sulfide) groups is 1. The van der Waals surface area contributed by atoms with Crippen molar-refractivity contribution in [3.8, 4) is 5.75 Å². The number of carboxylic acids is 1. The SMILES string of the molecule is O=C(O)C1CSC(c2ccccc2OCCN2CCCCC2)N1. The van der Waals surface area contributed by atoms with E-state index >= 15 is 0 Å². The Hall–Kier alpha value is -1.24. The zero-order valence-electron chi connectivity index (χ0n) is 13.2. The van der Waals surface area contributed by atoms with Gasteiger partial charge in [0.25, 0.3) is 0 Å². The maximum Gasteiger partial charge on any atom is 0.321 e. The second-order valence-corrected chi connectivity index (χ2v) is 7.20. The molecule has 2 N–H and O–H groups in total. The molecule has 0 aromatic heterocycles. The molecule has 0 radical (unpaired) electrons. The van der Waals surface area contributed by atoms with Crippen LogP contribution in [0.4, 0.5) is 0 Å². The number of likely N-dealkylation sites (tertiary alicyclic amines) is 1. The van der Waals surface area contributed by atoms with Crippen molar-refractivity contribution in [2.45, 2.75) is 30.7 Å². The van der Waals surface area contributed by atoms with Crippen molar-refractivity contribution in [3.05, 3.63) is 29.8 Å². The second-order valence-electron chi connectivity index (χ2n) is 6.06. The molecule has 2 atom stereocenters. The summed E-state index contributed by atoms with van der Waals surface area (Å²) < 4.78 is 6.01. The van der Waals surface area contributed by atoms with Gasteiger partial charge >= 0.3 is 5.97 Å². The van der Waals surface area contributed by atoms with Gasteiger partial charge in [-0.15, -0.1) is 11.8 Å². The van der Waals surface area contributed by atoms with E-state index in [4.69, 9.17) is 9.84 Å². The van der Waals surface area contributed by atoms with Crippen LogP contribution < -0.4 is 10.1 Å². The standard InChI is InChI=1S/C17H24N2O3S/c20-17(21)14-12-23-16(18-14)13-6-2-3-7-15(13)22-11-10-19-8-4-1-5-9-19/h2-3,6-7,14,16,18H,1,4-5,8-12H2,(H,20,21). The van der Waals surface area contributed by atoms with Gasteiger partial charge in [-0.05, 0) is 32.0 Å². The summed E-state index contributed by atoms with van der Waals surface area (Å²) in [4.78, 5) is 13.6. The Kier molecular flexibility index (Phi) is 5.80. The van der Waals surface area contributed by atoms with E-state index in [-0.39, 0.29) is 5.37 Å². The van der Waals surface area contributed by atoms with Crippen molar-refractivity contribution >= 4 is 17.7 Å². The monoisotopic (exact) mass is 336 g/mol. The molecule has 0 bridgehead atoms. The summed E-state index contributed by atoms with van der Waals surface area (Å²) in [6.07, 6.45) is 3.92. The molecular formula is C17H24N2O3S. The summed E-state index contributed by atoms with van der Waals surface area (Å²) in [6.45, 7) is 3.98. The van der Waals surface area contributed by atoms with Gasteiger partial charge in [0.2, 0.25) is 0 Å². The average molecular weight is 336 g/mol. The summed E-state index contributed by atoms with van der Waals surface area (Å²) in [7, 11) is 0. The molecule has 5 nitrogen and oxygen atoms in total. The minimum atomic E-state index is -0.788. The van der Waals surface area contributed by atoms with E-state index in [0.29, 0.717) is 12.4 Å².